The number of halogens is 2. The molecule has 1 fully saturated rings. The molecule has 0 aromatic carbocycles. The molecule has 1 heterocycles. The van der Waals surface area contributed by atoms with Gasteiger partial charge in [0.1, 0.15) is 0 Å². The molecule has 0 aromatic heterocycles. The summed E-state index contributed by atoms with van der Waals surface area (Å²) in [5.74, 6) is 0. The third-order valence-corrected chi connectivity index (χ3v) is 1.42. The number of hydrogen-bond donors (Lipinski definition) is 1. The Balaban J connectivity index is 2.37. The molecule has 1 rings (SSSR count). The van der Waals surface area contributed by atoms with Gasteiger partial charge in [0.25, 0.3) is 0 Å². The Bertz CT molecular complexity index is 128. The smallest absolute Gasteiger partial charge is 0.312 e. The van der Waals surface area contributed by atoms with Gasteiger partial charge in [0.15, 0.2) is 0 Å². The lowest BCUT2D eigenvalue weighted by Crippen LogP contribution is -2.60. The van der Waals surface area contributed by atoms with Gasteiger partial charge >= 0.3 is 6.11 Å². The minimum absolute atomic E-state index is 0.510. The molecule has 0 bridgehead atoms. The monoisotopic (exact) mass is 151 g/mol. The Morgan fingerprint density at radius 1 is 1.50 bits per heavy atom. The number of ether oxygens (including phenoxy) is 1. The first-order valence-corrected chi connectivity index (χ1v) is 3.20. The number of nitrogens with one attached hydrogen (secondary N) is 1. The van der Waals surface area contributed by atoms with Crippen LogP contribution in [0.15, 0.2) is 0 Å². The SMILES string of the molecule is CC(F)(F)OC1(C)CNC1. The van der Waals surface area contributed by atoms with Crippen LogP contribution in [0.2, 0.25) is 0 Å². The Morgan fingerprint density at radius 2 is 2.00 bits per heavy atom. The standard InChI is InChI=1S/C6H11F2NO/c1-5(3-9-4-5)10-6(2,7)8/h9H,3-4H2,1-2H3. The quantitative estimate of drug-likeness (QED) is 0.635. The predicted molar refractivity (Wildman–Crippen MR) is 33.0 cm³/mol. The second-order valence-electron chi connectivity index (χ2n) is 2.96. The fourth-order valence-corrected chi connectivity index (χ4v) is 0.982. The van der Waals surface area contributed by atoms with Gasteiger partial charge in [-0.25, -0.2) is 0 Å². The van der Waals surface area contributed by atoms with E-state index in [1.165, 1.54) is 0 Å². The highest BCUT2D eigenvalue weighted by atomic mass is 19.3. The van der Waals surface area contributed by atoms with Gasteiger partial charge < -0.3 is 10.1 Å². The van der Waals surface area contributed by atoms with Crippen LogP contribution in [0, 0.1) is 0 Å². The minimum Gasteiger partial charge on any atom is -0.312 e. The molecule has 0 spiro atoms. The molecule has 2 nitrogen and oxygen atoms in total. The van der Waals surface area contributed by atoms with Gasteiger partial charge in [-0.3, -0.25) is 0 Å². The Kier molecular flexibility index (Phi) is 1.68. The average Bonchev–Trinajstić information content (AvgIpc) is 1.57. The summed E-state index contributed by atoms with van der Waals surface area (Å²) in [6.45, 7) is 3.45. The molecule has 0 amide bonds. The summed E-state index contributed by atoms with van der Waals surface area (Å²) in [6, 6.07) is 0. The van der Waals surface area contributed by atoms with Crippen LogP contribution in [0.4, 0.5) is 8.78 Å². The summed E-state index contributed by atoms with van der Waals surface area (Å²) < 4.78 is 28.8. The van der Waals surface area contributed by atoms with Crippen molar-refractivity contribution in [3.63, 3.8) is 0 Å². The molecule has 4 heteroatoms. The van der Waals surface area contributed by atoms with E-state index in [1.54, 1.807) is 6.92 Å². The lowest BCUT2D eigenvalue weighted by atomic mass is 10.0. The summed E-state index contributed by atoms with van der Waals surface area (Å²) in [4.78, 5) is 0. The van der Waals surface area contributed by atoms with Crippen LogP contribution in [-0.4, -0.2) is 24.8 Å². The molecular formula is C6H11F2NO. The molecule has 0 aliphatic carbocycles. The van der Waals surface area contributed by atoms with E-state index in [1.807, 2.05) is 0 Å². The molecule has 0 saturated carbocycles. The van der Waals surface area contributed by atoms with Crippen molar-refractivity contribution in [1.29, 1.82) is 0 Å². The van der Waals surface area contributed by atoms with Gasteiger partial charge in [-0.1, -0.05) is 0 Å². The topological polar surface area (TPSA) is 21.3 Å². The maximum atomic E-state index is 12.2. The van der Waals surface area contributed by atoms with Crippen molar-refractivity contribution in [2.45, 2.75) is 25.6 Å². The predicted octanol–water partition coefficient (Wildman–Crippen LogP) is 0.978. The van der Waals surface area contributed by atoms with Gasteiger partial charge in [-0.15, -0.1) is 0 Å². The molecule has 0 radical (unpaired) electrons. The molecule has 1 aliphatic heterocycles. The maximum Gasteiger partial charge on any atom is 0.353 e. The van der Waals surface area contributed by atoms with E-state index < -0.39 is 11.7 Å². The molecule has 1 N–H and O–H groups in total. The fourth-order valence-electron chi connectivity index (χ4n) is 0.982. The molecule has 0 aromatic rings. The van der Waals surface area contributed by atoms with Crippen LogP contribution in [0.5, 0.6) is 0 Å². The first kappa shape index (κ1) is 7.88. The highest BCUT2D eigenvalue weighted by Crippen LogP contribution is 2.25. The van der Waals surface area contributed by atoms with Crippen LogP contribution < -0.4 is 5.32 Å². The molecule has 0 atom stereocenters. The summed E-state index contributed by atoms with van der Waals surface area (Å²) in [5.41, 5.74) is -0.655. The van der Waals surface area contributed by atoms with Crippen LogP contribution in [0.3, 0.4) is 0 Å². The van der Waals surface area contributed by atoms with Crippen LogP contribution in [-0.2, 0) is 4.74 Å². The van der Waals surface area contributed by atoms with Gasteiger partial charge in [-0.2, -0.15) is 8.78 Å². The normalized spacial score (nSPS) is 24.0. The highest BCUT2D eigenvalue weighted by Gasteiger charge is 2.40. The van der Waals surface area contributed by atoms with E-state index in [2.05, 4.69) is 10.1 Å². The maximum absolute atomic E-state index is 12.2. The molecular weight excluding hydrogens is 140 g/mol. The minimum atomic E-state index is -3.00. The highest BCUT2D eigenvalue weighted by molar-refractivity contribution is 4.90. The van der Waals surface area contributed by atoms with Gasteiger partial charge in [0, 0.05) is 20.0 Å². The second kappa shape index (κ2) is 2.13. The zero-order valence-electron chi connectivity index (χ0n) is 6.08. The first-order valence-electron chi connectivity index (χ1n) is 3.20. The van der Waals surface area contributed by atoms with Crippen LogP contribution >= 0.6 is 0 Å². The van der Waals surface area contributed by atoms with Gasteiger partial charge in [0.2, 0.25) is 0 Å². The molecule has 60 valence electrons. The van der Waals surface area contributed by atoms with Crippen molar-refractivity contribution in [2.24, 2.45) is 0 Å². The molecule has 1 saturated heterocycles. The van der Waals surface area contributed by atoms with E-state index in [-0.39, 0.29) is 0 Å². The zero-order valence-corrected chi connectivity index (χ0v) is 6.08. The van der Waals surface area contributed by atoms with Crippen molar-refractivity contribution in [3.05, 3.63) is 0 Å². The van der Waals surface area contributed by atoms with Crippen molar-refractivity contribution in [2.75, 3.05) is 13.1 Å². The summed E-state index contributed by atoms with van der Waals surface area (Å²) >= 11 is 0. The summed E-state index contributed by atoms with van der Waals surface area (Å²) in [7, 11) is 0. The van der Waals surface area contributed by atoms with E-state index in [9.17, 15) is 8.78 Å². The zero-order chi connectivity index (χ0) is 7.83. The largest absolute Gasteiger partial charge is 0.353 e. The van der Waals surface area contributed by atoms with E-state index >= 15 is 0 Å². The first-order chi connectivity index (χ1) is 4.41. The number of hydrogen-bond acceptors (Lipinski definition) is 2. The van der Waals surface area contributed by atoms with Gasteiger partial charge in [-0.05, 0) is 6.92 Å². The van der Waals surface area contributed by atoms with Crippen molar-refractivity contribution < 1.29 is 13.5 Å². The van der Waals surface area contributed by atoms with Gasteiger partial charge in [0.05, 0.1) is 5.60 Å². The lowest BCUT2D eigenvalue weighted by molar-refractivity contribution is -0.289. The Labute approximate surface area is 58.6 Å². The van der Waals surface area contributed by atoms with Crippen molar-refractivity contribution in [3.8, 4) is 0 Å². The van der Waals surface area contributed by atoms with Crippen LogP contribution in [0.25, 0.3) is 0 Å². The van der Waals surface area contributed by atoms with Crippen molar-refractivity contribution >= 4 is 0 Å². The summed E-state index contributed by atoms with van der Waals surface area (Å²) in [5, 5.41) is 2.87. The van der Waals surface area contributed by atoms with Crippen molar-refractivity contribution in [1.82, 2.24) is 5.32 Å². The summed E-state index contributed by atoms with van der Waals surface area (Å²) in [6.07, 6.45) is -3.00. The second-order valence-corrected chi connectivity index (χ2v) is 2.96. The van der Waals surface area contributed by atoms with Crippen LogP contribution in [0.1, 0.15) is 13.8 Å². The fraction of sp³-hybridized carbons (Fsp3) is 1.00. The number of alkyl halides is 2. The molecule has 1 aliphatic rings. The molecule has 0 unspecified atom stereocenters. The molecule has 10 heavy (non-hydrogen) atoms. The third kappa shape index (κ3) is 1.88. The third-order valence-electron chi connectivity index (χ3n) is 1.42. The van der Waals surface area contributed by atoms with E-state index in [0.29, 0.717) is 13.1 Å². The van der Waals surface area contributed by atoms with E-state index in [4.69, 9.17) is 0 Å². The number of rotatable bonds is 2. The van der Waals surface area contributed by atoms with E-state index in [0.717, 1.165) is 6.92 Å². The average molecular weight is 151 g/mol. The Morgan fingerprint density at radius 3 is 2.10 bits per heavy atom. The Hall–Kier alpha value is -0.220. The lowest BCUT2D eigenvalue weighted by Gasteiger charge is -2.40.